The molecule has 0 unspecified atom stereocenters. The Hall–Kier alpha value is -1.96. The van der Waals surface area contributed by atoms with E-state index in [4.69, 9.17) is 0 Å². The number of benzene rings is 2. The van der Waals surface area contributed by atoms with Gasteiger partial charge in [-0.25, -0.2) is 0 Å². The summed E-state index contributed by atoms with van der Waals surface area (Å²) < 4.78 is -0.226. The van der Waals surface area contributed by atoms with E-state index >= 15 is 0 Å². The molecule has 6 heteroatoms. The zero-order valence-electron chi connectivity index (χ0n) is 11.7. The molecule has 0 aliphatic heterocycles. The maximum atomic E-state index is 12.1. The zero-order chi connectivity index (χ0) is 15.9. The van der Waals surface area contributed by atoms with Crippen LogP contribution in [0.5, 0.6) is 0 Å². The van der Waals surface area contributed by atoms with Gasteiger partial charge in [0, 0.05) is 18.7 Å². The standard InChI is InChI=1S/C16H15IN2O3/c17-15(13-4-2-1-3-5-13)16(20)18-11-10-12-6-8-14(9-7-12)19(21)22/h1-9,15H,10-11H2,(H,18,20)/t15-/m1/s1. The summed E-state index contributed by atoms with van der Waals surface area (Å²) in [4.78, 5) is 22.2. The molecule has 0 heterocycles. The van der Waals surface area contributed by atoms with Gasteiger partial charge in [-0.3, -0.25) is 14.9 Å². The molecule has 0 aliphatic carbocycles. The summed E-state index contributed by atoms with van der Waals surface area (Å²) in [5.41, 5.74) is 2.00. The van der Waals surface area contributed by atoms with Gasteiger partial charge < -0.3 is 5.32 Å². The van der Waals surface area contributed by atoms with E-state index in [1.54, 1.807) is 12.1 Å². The number of hydrogen-bond donors (Lipinski definition) is 1. The van der Waals surface area contributed by atoms with Crippen LogP contribution in [-0.4, -0.2) is 17.4 Å². The number of carbonyl (C=O) groups is 1. The van der Waals surface area contributed by atoms with Crippen molar-refractivity contribution >= 4 is 34.2 Å². The van der Waals surface area contributed by atoms with Crippen molar-refractivity contribution in [2.45, 2.75) is 10.3 Å². The predicted octanol–water partition coefficient (Wildman–Crippen LogP) is 3.43. The Kier molecular flexibility index (Phi) is 5.88. The van der Waals surface area contributed by atoms with Gasteiger partial charge in [0.2, 0.25) is 5.91 Å². The van der Waals surface area contributed by atoms with E-state index in [-0.39, 0.29) is 15.5 Å². The number of amides is 1. The van der Waals surface area contributed by atoms with E-state index in [1.165, 1.54) is 12.1 Å². The quantitative estimate of drug-likeness (QED) is 0.343. The molecule has 2 aromatic carbocycles. The highest BCUT2D eigenvalue weighted by Gasteiger charge is 2.15. The number of halogens is 1. The molecule has 5 nitrogen and oxygen atoms in total. The van der Waals surface area contributed by atoms with E-state index in [1.807, 2.05) is 30.3 Å². The average molecular weight is 410 g/mol. The lowest BCUT2D eigenvalue weighted by atomic mass is 10.1. The number of nitro benzene ring substituents is 1. The van der Waals surface area contributed by atoms with E-state index < -0.39 is 4.92 Å². The maximum Gasteiger partial charge on any atom is 0.269 e. The van der Waals surface area contributed by atoms with Gasteiger partial charge in [0.25, 0.3) is 5.69 Å². The Morgan fingerprint density at radius 1 is 1.14 bits per heavy atom. The number of carbonyl (C=O) groups excluding carboxylic acids is 1. The van der Waals surface area contributed by atoms with Crippen LogP contribution < -0.4 is 5.32 Å². The van der Waals surface area contributed by atoms with Gasteiger partial charge in [-0.2, -0.15) is 0 Å². The highest BCUT2D eigenvalue weighted by atomic mass is 127. The van der Waals surface area contributed by atoms with Crippen LogP contribution in [0.4, 0.5) is 5.69 Å². The molecule has 0 aromatic heterocycles. The number of nitrogens with zero attached hydrogens (tertiary/aromatic N) is 1. The molecule has 0 aliphatic rings. The van der Waals surface area contributed by atoms with E-state index in [2.05, 4.69) is 27.9 Å². The first-order chi connectivity index (χ1) is 10.6. The molecule has 2 rings (SSSR count). The Balaban J connectivity index is 1.83. The summed E-state index contributed by atoms with van der Waals surface area (Å²) in [6, 6.07) is 16.0. The third-order valence-corrected chi connectivity index (χ3v) is 4.47. The highest BCUT2D eigenvalue weighted by Crippen LogP contribution is 2.22. The van der Waals surface area contributed by atoms with Crippen LogP contribution in [0, 0.1) is 10.1 Å². The summed E-state index contributed by atoms with van der Waals surface area (Å²) in [5, 5.41) is 13.5. The van der Waals surface area contributed by atoms with Gasteiger partial charge in [0.15, 0.2) is 0 Å². The van der Waals surface area contributed by atoms with Gasteiger partial charge in [0.1, 0.15) is 3.92 Å². The van der Waals surface area contributed by atoms with Crippen LogP contribution in [0.1, 0.15) is 15.1 Å². The second-order valence-corrected chi connectivity index (χ2v) is 5.98. The highest BCUT2D eigenvalue weighted by molar-refractivity contribution is 14.1. The topological polar surface area (TPSA) is 72.2 Å². The largest absolute Gasteiger partial charge is 0.355 e. The number of non-ortho nitro benzene ring substituents is 1. The third kappa shape index (κ3) is 4.52. The molecule has 114 valence electrons. The zero-order valence-corrected chi connectivity index (χ0v) is 13.9. The molecule has 1 atom stereocenters. The van der Waals surface area contributed by atoms with Gasteiger partial charge in [-0.15, -0.1) is 0 Å². The Morgan fingerprint density at radius 3 is 2.36 bits per heavy atom. The molecule has 22 heavy (non-hydrogen) atoms. The van der Waals surface area contributed by atoms with Crippen molar-refractivity contribution in [3.8, 4) is 0 Å². The minimum atomic E-state index is -0.425. The van der Waals surface area contributed by atoms with Crippen LogP contribution in [0.25, 0.3) is 0 Å². The number of rotatable bonds is 6. The van der Waals surface area contributed by atoms with Crippen molar-refractivity contribution in [1.82, 2.24) is 5.32 Å². The van der Waals surface area contributed by atoms with Crippen molar-refractivity contribution in [2.24, 2.45) is 0 Å². The summed E-state index contributed by atoms with van der Waals surface area (Å²) in [5.74, 6) is -0.0336. The summed E-state index contributed by atoms with van der Waals surface area (Å²) in [6.07, 6.45) is 0.641. The second-order valence-electron chi connectivity index (χ2n) is 4.74. The van der Waals surface area contributed by atoms with E-state index in [0.717, 1.165) is 11.1 Å². The molecule has 0 saturated carbocycles. The molecule has 1 N–H and O–H groups in total. The van der Waals surface area contributed by atoms with Crippen molar-refractivity contribution < 1.29 is 9.72 Å². The summed E-state index contributed by atoms with van der Waals surface area (Å²) in [6.45, 7) is 0.503. The number of nitrogens with one attached hydrogen (secondary N) is 1. The van der Waals surface area contributed by atoms with Gasteiger partial charge in [-0.05, 0) is 17.5 Å². The van der Waals surface area contributed by atoms with Gasteiger partial charge >= 0.3 is 0 Å². The minimum absolute atomic E-state index is 0.0336. The first-order valence-corrected chi connectivity index (χ1v) is 8.02. The monoisotopic (exact) mass is 410 g/mol. The summed E-state index contributed by atoms with van der Waals surface area (Å²) in [7, 11) is 0. The van der Waals surface area contributed by atoms with Crippen molar-refractivity contribution in [3.05, 3.63) is 75.8 Å². The van der Waals surface area contributed by atoms with Crippen LogP contribution in [0.15, 0.2) is 54.6 Å². The minimum Gasteiger partial charge on any atom is -0.355 e. The van der Waals surface area contributed by atoms with E-state index in [9.17, 15) is 14.9 Å². The van der Waals surface area contributed by atoms with Crippen LogP contribution in [-0.2, 0) is 11.2 Å². The Labute approximate surface area is 142 Å². The lowest BCUT2D eigenvalue weighted by Crippen LogP contribution is -2.28. The summed E-state index contributed by atoms with van der Waals surface area (Å²) >= 11 is 2.11. The maximum absolute atomic E-state index is 12.1. The van der Waals surface area contributed by atoms with Gasteiger partial charge in [0.05, 0.1) is 4.92 Å². The van der Waals surface area contributed by atoms with E-state index in [0.29, 0.717) is 13.0 Å². The van der Waals surface area contributed by atoms with Gasteiger partial charge in [-0.1, -0.05) is 65.1 Å². The van der Waals surface area contributed by atoms with Crippen LogP contribution in [0.3, 0.4) is 0 Å². The first-order valence-electron chi connectivity index (χ1n) is 6.78. The Bertz CT molecular complexity index is 644. The van der Waals surface area contributed by atoms with Crippen molar-refractivity contribution in [3.63, 3.8) is 0 Å². The Morgan fingerprint density at radius 2 is 1.77 bits per heavy atom. The lowest BCUT2D eigenvalue weighted by Gasteiger charge is -2.11. The number of hydrogen-bond acceptors (Lipinski definition) is 3. The fourth-order valence-corrected chi connectivity index (χ4v) is 2.61. The third-order valence-electron chi connectivity index (χ3n) is 3.18. The van der Waals surface area contributed by atoms with Crippen molar-refractivity contribution in [2.75, 3.05) is 6.54 Å². The fourth-order valence-electron chi connectivity index (χ4n) is 1.98. The smallest absolute Gasteiger partial charge is 0.269 e. The normalized spacial score (nSPS) is 11.7. The first kappa shape index (κ1) is 16.4. The molecular formula is C16H15IN2O3. The average Bonchev–Trinajstić information content (AvgIpc) is 2.55. The molecule has 1 amide bonds. The lowest BCUT2D eigenvalue weighted by molar-refractivity contribution is -0.384. The molecule has 0 radical (unpaired) electrons. The van der Waals surface area contributed by atoms with Crippen LogP contribution >= 0.6 is 22.6 Å². The van der Waals surface area contributed by atoms with Crippen LogP contribution in [0.2, 0.25) is 0 Å². The molecule has 2 aromatic rings. The fraction of sp³-hybridized carbons (Fsp3) is 0.188. The molecule has 0 spiro atoms. The second kappa shape index (κ2) is 7.88. The molecule has 0 saturated heterocycles. The molecule has 0 bridgehead atoms. The van der Waals surface area contributed by atoms with Crippen molar-refractivity contribution in [1.29, 1.82) is 0 Å². The predicted molar refractivity (Wildman–Crippen MR) is 93.0 cm³/mol. The molecular weight excluding hydrogens is 395 g/mol. The number of nitro groups is 1. The molecule has 0 fully saturated rings. The number of alkyl halides is 1. The SMILES string of the molecule is O=C(NCCc1ccc([N+](=O)[O-])cc1)[C@H](I)c1ccccc1.